The summed E-state index contributed by atoms with van der Waals surface area (Å²) in [6.45, 7) is 1.72. The molecule has 6 nitrogen and oxygen atoms in total. The topological polar surface area (TPSA) is 79.8 Å². The molecule has 0 atom stereocenters. The fraction of sp³-hybridized carbons (Fsp3) is 0.111. The number of carbonyl (C=O) groups excluding carboxylic acids is 1. The van der Waals surface area contributed by atoms with Crippen LogP contribution >= 0.6 is 11.6 Å². The van der Waals surface area contributed by atoms with E-state index in [4.69, 9.17) is 11.6 Å². The maximum absolute atomic E-state index is 12.9. The molecule has 3 rings (SSSR count). The summed E-state index contributed by atoms with van der Waals surface area (Å²) in [4.78, 5) is 24.5. The number of aromatic nitrogens is 3. The molecule has 144 valence electrons. The van der Waals surface area contributed by atoms with Crippen LogP contribution in [0.1, 0.15) is 11.3 Å². The van der Waals surface area contributed by atoms with Gasteiger partial charge in [0.15, 0.2) is 0 Å². The second-order valence-electron chi connectivity index (χ2n) is 5.73. The van der Waals surface area contributed by atoms with Crippen molar-refractivity contribution in [3.05, 3.63) is 65.1 Å². The maximum Gasteiger partial charge on any atom is 0.417 e. The molecule has 2 aromatic heterocycles. The van der Waals surface area contributed by atoms with Gasteiger partial charge in [0.05, 0.1) is 16.3 Å². The Hall–Kier alpha value is -3.20. The molecule has 2 N–H and O–H groups in total. The fourth-order valence-electron chi connectivity index (χ4n) is 2.37. The number of pyridine rings is 1. The van der Waals surface area contributed by atoms with E-state index < -0.39 is 22.8 Å². The van der Waals surface area contributed by atoms with E-state index in [1.165, 1.54) is 6.07 Å². The third kappa shape index (κ3) is 4.74. The first-order valence-corrected chi connectivity index (χ1v) is 8.31. The molecule has 0 aliphatic carbocycles. The standard InChI is InChI=1S/C18H13ClF3N5O/c1-10-7-15(11-3-2-6-23-9-11)26-16(24-10)27-17(28)25-12-4-5-14(19)13(8-12)18(20,21)22/h2-9H,1H3,(H2,24,25,26,27,28). The number of halogens is 4. The lowest BCUT2D eigenvalue weighted by Gasteiger charge is -2.12. The molecule has 0 aliphatic heterocycles. The van der Waals surface area contributed by atoms with Gasteiger partial charge in [0, 0.05) is 29.3 Å². The van der Waals surface area contributed by atoms with Crippen molar-refractivity contribution in [1.82, 2.24) is 15.0 Å². The number of anilines is 2. The van der Waals surface area contributed by atoms with Crippen LogP contribution in [-0.4, -0.2) is 21.0 Å². The Balaban J connectivity index is 1.78. The lowest BCUT2D eigenvalue weighted by molar-refractivity contribution is -0.137. The number of urea groups is 1. The minimum Gasteiger partial charge on any atom is -0.308 e. The summed E-state index contributed by atoms with van der Waals surface area (Å²) in [7, 11) is 0. The summed E-state index contributed by atoms with van der Waals surface area (Å²) in [6.07, 6.45) is -1.41. The molecule has 0 saturated heterocycles. The third-order valence-corrected chi connectivity index (χ3v) is 3.90. The van der Waals surface area contributed by atoms with Crippen LogP contribution in [0.5, 0.6) is 0 Å². The Labute approximate surface area is 162 Å². The Kier molecular flexibility index (Phi) is 5.46. The van der Waals surface area contributed by atoms with E-state index in [-0.39, 0.29) is 11.6 Å². The van der Waals surface area contributed by atoms with Crippen molar-refractivity contribution in [3.8, 4) is 11.3 Å². The number of nitrogens with zero attached hydrogens (tertiary/aromatic N) is 3. The Morgan fingerprint density at radius 3 is 2.57 bits per heavy atom. The number of hydrogen-bond donors (Lipinski definition) is 2. The second-order valence-corrected chi connectivity index (χ2v) is 6.14. The summed E-state index contributed by atoms with van der Waals surface area (Å²) in [6, 6.07) is 7.53. The van der Waals surface area contributed by atoms with E-state index in [0.29, 0.717) is 11.4 Å². The van der Waals surface area contributed by atoms with Crippen LogP contribution in [-0.2, 0) is 6.18 Å². The highest BCUT2D eigenvalue weighted by Crippen LogP contribution is 2.36. The van der Waals surface area contributed by atoms with Crippen LogP contribution < -0.4 is 10.6 Å². The highest BCUT2D eigenvalue weighted by Gasteiger charge is 2.33. The Morgan fingerprint density at radius 1 is 1.11 bits per heavy atom. The van der Waals surface area contributed by atoms with E-state index >= 15 is 0 Å². The third-order valence-electron chi connectivity index (χ3n) is 3.57. The number of benzene rings is 1. The predicted molar refractivity (Wildman–Crippen MR) is 99.1 cm³/mol. The van der Waals surface area contributed by atoms with Gasteiger partial charge in [-0.05, 0) is 43.3 Å². The minimum atomic E-state index is -4.64. The van der Waals surface area contributed by atoms with Crippen LogP contribution in [0.15, 0.2) is 48.8 Å². The van der Waals surface area contributed by atoms with Crippen LogP contribution in [0.4, 0.5) is 29.6 Å². The first kappa shape index (κ1) is 19.6. The monoisotopic (exact) mass is 407 g/mol. The highest BCUT2D eigenvalue weighted by molar-refractivity contribution is 6.31. The number of alkyl halides is 3. The van der Waals surface area contributed by atoms with Gasteiger partial charge < -0.3 is 5.32 Å². The van der Waals surface area contributed by atoms with E-state index in [9.17, 15) is 18.0 Å². The number of hydrogen-bond acceptors (Lipinski definition) is 4. The van der Waals surface area contributed by atoms with Crippen molar-refractivity contribution in [2.75, 3.05) is 10.6 Å². The lowest BCUT2D eigenvalue weighted by Crippen LogP contribution is -2.21. The van der Waals surface area contributed by atoms with E-state index in [0.717, 1.165) is 17.7 Å². The zero-order valence-corrected chi connectivity index (χ0v) is 15.1. The molecule has 0 bridgehead atoms. The van der Waals surface area contributed by atoms with Crippen LogP contribution in [0, 0.1) is 6.92 Å². The summed E-state index contributed by atoms with van der Waals surface area (Å²) in [5.41, 5.74) is 0.743. The number of carbonyl (C=O) groups is 1. The van der Waals surface area contributed by atoms with E-state index in [2.05, 4.69) is 25.6 Å². The molecule has 0 saturated carbocycles. The number of rotatable bonds is 3. The van der Waals surface area contributed by atoms with Crippen LogP contribution in [0.25, 0.3) is 11.3 Å². The van der Waals surface area contributed by atoms with Gasteiger partial charge in [0.1, 0.15) is 0 Å². The highest BCUT2D eigenvalue weighted by atomic mass is 35.5. The lowest BCUT2D eigenvalue weighted by atomic mass is 10.2. The summed E-state index contributed by atoms with van der Waals surface area (Å²) in [5.74, 6) is 0.00126. The van der Waals surface area contributed by atoms with Gasteiger partial charge in [0.2, 0.25) is 5.95 Å². The van der Waals surface area contributed by atoms with Gasteiger partial charge in [-0.3, -0.25) is 10.3 Å². The van der Waals surface area contributed by atoms with Gasteiger partial charge in [-0.1, -0.05) is 11.6 Å². The average molecular weight is 408 g/mol. The van der Waals surface area contributed by atoms with Gasteiger partial charge in [0.25, 0.3) is 0 Å². The minimum absolute atomic E-state index is 0.00126. The molecule has 1 aromatic carbocycles. The zero-order valence-electron chi connectivity index (χ0n) is 14.4. The molecular weight excluding hydrogens is 395 g/mol. The molecule has 0 aliphatic rings. The van der Waals surface area contributed by atoms with Crippen molar-refractivity contribution in [2.24, 2.45) is 0 Å². The first-order valence-electron chi connectivity index (χ1n) is 7.93. The normalized spacial score (nSPS) is 11.2. The van der Waals surface area contributed by atoms with Crippen LogP contribution in [0.3, 0.4) is 0 Å². The van der Waals surface area contributed by atoms with E-state index in [1.807, 2.05) is 0 Å². The van der Waals surface area contributed by atoms with Crippen molar-refractivity contribution in [2.45, 2.75) is 13.1 Å². The van der Waals surface area contributed by atoms with Crippen LogP contribution in [0.2, 0.25) is 5.02 Å². The van der Waals surface area contributed by atoms with Crippen molar-refractivity contribution in [1.29, 1.82) is 0 Å². The molecule has 28 heavy (non-hydrogen) atoms. The van der Waals surface area contributed by atoms with Gasteiger partial charge >= 0.3 is 12.2 Å². The first-order chi connectivity index (χ1) is 13.2. The molecule has 0 unspecified atom stereocenters. The molecule has 10 heteroatoms. The predicted octanol–water partition coefficient (Wildman–Crippen LogP) is 5.16. The molecule has 0 spiro atoms. The maximum atomic E-state index is 12.9. The quantitative estimate of drug-likeness (QED) is 0.628. The van der Waals surface area contributed by atoms with Gasteiger partial charge in [-0.25, -0.2) is 14.8 Å². The smallest absolute Gasteiger partial charge is 0.308 e. The molecule has 2 heterocycles. The summed E-state index contributed by atoms with van der Waals surface area (Å²) >= 11 is 5.57. The SMILES string of the molecule is Cc1cc(-c2cccnc2)nc(NC(=O)Nc2ccc(Cl)c(C(F)(F)F)c2)n1. The Morgan fingerprint density at radius 2 is 1.89 bits per heavy atom. The molecular formula is C18H13ClF3N5O. The van der Waals surface area contributed by atoms with Crippen molar-refractivity contribution < 1.29 is 18.0 Å². The molecule has 2 amide bonds. The number of aryl methyl sites for hydroxylation is 1. The fourth-order valence-corrected chi connectivity index (χ4v) is 2.60. The van der Waals surface area contributed by atoms with Gasteiger partial charge in [-0.2, -0.15) is 13.2 Å². The summed E-state index contributed by atoms with van der Waals surface area (Å²) < 4.78 is 38.8. The van der Waals surface area contributed by atoms with E-state index in [1.54, 1.807) is 37.5 Å². The molecule has 0 fully saturated rings. The Bertz CT molecular complexity index is 1010. The van der Waals surface area contributed by atoms with Gasteiger partial charge in [-0.15, -0.1) is 0 Å². The largest absolute Gasteiger partial charge is 0.417 e. The second kappa shape index (κ2) is 7.81. The zero-order chi connectivity index (χ0) is 20.3. The number of amides is 2. The van der Waals surface area contributed by atoms with Crippen molar-refractivity contribution in [3.63, 3.8) is 0 Å². The number of nitrogens with one attached hydrogen (secondary N) is 2. The average Bonchev–Trinajstić information content (AvgIpc) is 2.62. The van der Waals surface area contributed by atoms with Crippen molar-refractivity contribution >= 4 is 29.3 Å². The summed E-state index contributed by atoms with van der Waals surface area (Å²) in [5, 5.41) is 4.26. The molecule has 3 aromatic rings. The molecule has 0 radical (unpaired) electrons.